The topological polar surface area (TPSA) is 124 Å². The molecule has 0 fully saturated rings. The zero-order valence-corrected chi connectivity index (χ0v) is 25.2. The van der Waals surface area contributed by atoms with Crippen molar-refractivity contribution in [3.8, 4) is 0 Å². The summed E-state index contributed by atoms with van der Waals surface area (Å²) >= 11 is 0. The van der Waals surface area contributed by atoms with Gasteiger partial charge in [0, 0.05) is 49.0 Å². The number of anilines is 2. The lowest BCUT2D eigenvalue weighted by Gasteiger charge is -2.18. The van der Waals surface area contributed by atoms with Gasteiger partial charge in [0.1, 0.15) is 0 Å². The fraction of sp³-hybridized carbons (Fsp3) is 0.438. The van der Waals surface area contributed by atoms with Gasteiger partial charge >= 0.3 is 6.03 Å². The van der Waals surface area contributed by atoms with Gasteiger partial charge in [-0.1, -0.05) is 57.2 Å². The van der Waals surface area contributed by atoms with E-state index in [1.165, 1.54) is 25.7 Å². The standard InChI is InChI=1S/C32H43N5O4S/c1-2-3-4-5-6-7-19-35-32(39)37-21-17-26-22-29(14-15-30(26)37)42(40,41)36-28-12-10-25(11-13-28)16-20-34-24-31(38)27-9-8-18-33-23-27/h8-15,18,22-23,31,34,36,38H,2-7,16-17,19-21,24H2,1H3,(H,35,39). The molecule has 42 heavy (non-hydrogen) atoms. The van der Waals surface area contributed by atoms with Crippen molar-refractivity contribution in [2.45, 2.75) is 69.3 Å². The van der Waals surface area contributed by atoms with Crippen molar-refractivity contribution in [1.29, 1.82) is 0 Å². The molecule has 4 rings (SSSR count). The Morgan fingerprint density at radius 1 is 1.02 bits per heavy atom. The highest BCUT2D eigenvalue weighted by Gasteiger charge is 2.26. The molecule has 0 saturated heterocycles. The van der Waals surface area contributed by atoms with Gasteiger partial charge in [-0.15, -0.1) is 0 Å². The predicted octanol–water partition coefficient (Wildman–Crippen LogP) is 5.18. The number of aliphatic hydroxyl groups is 1. The second kappa shape index (κ2) is 15.7. The molecule has 1 aliphatic heterocycles. The molecule has 0 spiro atoms. The van der Waals surface area contributed by atoms with Crippen LogP contribution in [-0.4, -0.2) is 50.7 Å². The van der Waals surface area contributed by atoms with Gasteiger partial charge in [0.2, 0.25) is 0 Å². The van der Waals surface area contributed by atoms with Crippen molar-refractivity contribution in [1.82, 2.24) is 15.6 Å². The molecule has 0 bridgehead atoms. The average Bonchev–Trinajstić information content (AvgIpc) is 3.43. The number of aliphatic hydroxyl groups excluding tert-OH is 1. The van der Waals surface area contributed by atoms with Crippen LogP contribution in [0.3, 0.4) is 0 Å². The number of aromatic nitrogens is 1. The van der Waals surface area contributed by atoms with Crippen LogP contribution in [0.1, 0.15) is 68.2 Å². The molecule has 0 aliphatic carbocycles. The van der Waals surface area contributed by atoms with Crippen LogP contribution in [-0.2, 0) is 22.9 Å². The molecule has 226 valence electrons. The minimum Gasteiger partial charge on any atom is -0.387 e. The number of sulfonamides is 1. The Morgan fingerprint density at radius 3 is 2.57 bits per heavy atom. The Labute approximate surface area is 249 Å². The van der Waals surface area contributed by atoms with Crippen LogP contribution in [0, 0.1) is 0 Å². The van der Waals surface area contributed by atoms with Gasteiger partial charge in [0.15, 0.2) is 0 Å². The molecule has 1 atom stereocenters. The Kier molecular flexibility index (Phi) is 11.7. The van der Waals surface area contributed by atoms with Crippen molar-refractivity contribution in [2.75, 3.05) is 35.8 Å². The fourth-order valence-electron chi connectivity index (χ4n) is 5.07. The maximum Gasteiger partial charge on any atom is 0.321 e. The number of nitrogens with one attached hydrogen (secondary N) is 3. The number of carbonyl (C=O) groups is 1. The van der Waals surface area contributed by atoms with Crippen LogP contribution in [0.25, 0.3) is 0 Å². The lowest BCUT2D eigenvalue weighted by Crippen LogP contribution is -2.39. The molecule has 3 aromatic rings. The molecule has 2 aromatic carbocycles. The van der Waals surface area contributed by atoms with Gasteiger partial charge in [-0.2, -0.15) is 0 Å². The first kappa shape index (κ1) is 31.5. The van der Waals surface area contributed by atoms with Crippen molar-refractivity contribution in [3.63, 3.8) is 0 Å². The lowest BCUT2D eigenvalue weighted by atomic mass is 10.1. The highest BCUT2D eigenvalue weighted by Crippen LogP contribution is 2.31. The van der Waals surface area contributed by atoms with E-state index >= 15 is 0 Å². The predicted molar refractivity (Wildman–Crippen MR) is 167 cm³/mol. The number of hydrogen-bond acceptors (Lipinski definition) is 6. The van der Waals surface area contributed by atoms with E-state index in [2.05, 4.69) is 27.3 Å². The van der Waals surface area contributed by atoms with Gasteiger partial charge in [-0.25, -0.2) is 13.2 Å². The van der Waals surface area contributed by atoms with E-state index in [1.54, 1.807) is 53.7 Å². The Morgan fingerprint density at radius 2 is 1.81 bits per heavy atom. The highest BCUT2D eigenvalue weighted by atomic mass is 32.2. The summed E-state index contributed by atoms with van der Waals surface area (Å²) in [6.45, 7) is 4.48. The van der Waals surface area contributed by atoms with Crippen LogP contribution >= 0.6 is 0 Å². The largest absolute Gasteiger partial charge is 0.387 e. The molecular weight excluding hydrogens is 550 g/mol. The van der Waals surface area contributed by atoms with Crippen molar-refractivity contribution >= 4 is 27.4 Å². The van der Waals surface area contributed by atoms with Crippen LogP contribution < -0.4 is 20.3 Å². The summed E-state index contributed by atoms with van der Waals surface area (Å²) in [6, 6.07) is 15.7. The van der Waals surface area contributed by atoms with Gasteiger partial charge in [-0.05, 0) is 73.3 Å². The zero-order valence-electron chi connectivity index (χ0n) is 24.4. The Hall–Kier alpha value is -3.47. The number of rotatable bonds is 16. The second-order valence-electron chi connectivity index (χ2n) is 10.8. The van der Waals surface area contributed by atoms with E-state index in [9.17, 15) is 18.3 Å². The molecule has 2 amide bonds. The average molecular weight is 594 g/mol. The summed E-state index contributed by atoms with van der Waals surface area (Å²) in [4.78, 5) is 18.6. The second-order valence-corrected chi connectivity index (χ2v) is 12.4. The molecule has 0 radical (unpaired) electrons. The summed E-state index contributed by atoms with van der Waals surface area (Å²) < 4.78 is 28.9. The number of urea groups is 1. The fourth-order valence-corrected chi connectivity index (χ4v) is 6.18. The number of amides is 2. The van der Waals surface area contributed by atoms with Gasteiger partial charge in [0.25, 0.3) is 10.0 Å². The third-order valence-electron chi connectivity index (χ3n) is 7.51. The maximum absolute atomic E-state index is 13.1. The number of pyridine rings is 1. The van der Waals surface area contributed by atoms with Crippen molar-refractivity contribution in [3.05, 3.63) is 83.7 Å². The SMILES string of the molecule is CCCCCCCCNC(=O)N1CCc2cc(S(=O)(=O)Nc3ccc(CCNCC(O)c4cccnc4)cc3)ccc21. The molecule has 1 unspecified atom stereocenters. The van der Waals surface area contributed by atoms with Crippen LogP contribution in [0.5, 0.6) is 0 Å². The van der Waals surface area contributed by atoms with E-state index in [0.29, 0.717) is 38.3 Å². The molecule has 10 heteroatoms. The number of fused-ring (bicyclic) bond motifs is 1. The summed E-state index contributed by atoms with van der Waals surface area (Å²) in [6.07, 6.45) is 11.1. The molecule has 2 heterocycles. The normalized spacial score (nSPS) is 13.5. The first-order valence-electron chi connectivity index (χ1n) is 15.0. The van der Waals surface area contributed by atoms with E-state index in [0.717, 1.165) is 41.6 Å². The minimum absolute atomic E-state index is 0.129. The number of carbonyl (C=O) groups excluding carboxylic acids is 1. The molecular formula is C32H43N5O4S. The first-order valence-corrected chi connectivity index (χ1v) is 16.4. The Bertz CT molecular complexity index is 1380. The quantitative estimate of drug-likeness (QED) is 0.170. The maximum atomic E-state index is 13.1. The third-order valence-corrected chi connectivity index (χ3v) is 8.89. The smallest absolute Gasteiger partial charge is 0.321 e. The van der Waals surface area contributed by atoms with Crippen LogP contribution in [0.4, 0.5) is 16.2 Å². The summed E-state index contributed by atoms with van der Waals surface area (Å²) in [7, 11) is -3.78. The van der Waals surface area contributed by atoms with Gasteiger partial charge < -0.3 is 15.7 Å². The van der Waals surface area contributed by atoms with Gasteiger partial charge in [-0.3, -0.25) is 14.6 Å². The third kappa shape index (κ3) is 9.01. The zero-order chi connectivity index (χ0) is 29.8. The number of benzene rings is 2. The monoisotopic (exact) mass is 593 g/mol. The van der Waals surface area contributed by atoms with Crippen molar-refractivity contribution < 1.29 is 18.3 Å². The number of hydrogen-bond donors (Lipinski definition) is 4. The van der Waals surface area contributed by atoms with E-state index in [1.807, 2.05) is 18.2 Å². The molecule has 9 nitrogen and oxygen atoms in total. The molecule has 1 aliphatic rings. The molecule has 1 aromatic heterocycles. The number of nitrogens with zero attached hydrogens (tertiary/aromatic N) is 2. The van der Waals surface area contributed by atoms with Crippen LogP contribution in [0.15, 0.2) is 71.9 Å². The summed E-state index contributed by atoms with van der Waals surface area (Å²) in [5.74, 6) is 0. The Balaban J connectivity index is 1.23. The number of unbranched alkanes of at least 4 members (excludes halogenated alkanes) is 5. The van der Waals surface area contributed by atoms with E-state index in [-0.39, 0.29) is 10.9 Å². The lowest BCUT2D eigenvalue weighted by molar-refractivity contribution is 0.174. The highest BCUT2D eigenvalue weighted by molar-refractivity contribution is 7.92. The summed E-state index contributed by atoms with van der Waals surface area (Å²) in [5.41, 5.74) is 3.92. The molecule has 4 N–H and O–H groups in total. The van der Waals surface area contributed by atoms with Crippen LogP contribution in [0.2, 0.25) is 0 Å². The van der Waals surface area contributed by atoms with Crippen molar-refractivity contribution in [2.24, 2.45) is 0 Å². The van der Waals surface area contributed by atoms with E-state index < -0.39 is 16.1 Å². The van der Waals surface area contributed by atoms with Gasteiger partial charge in [0.05, 0.1) is 11.0 Å². The summed E-state index contributed by atoms with van der Waals surface area (Å²) in [5, 5.41) is 16.5. The van der Waals surface area contributed by atoms with E-state index in [4.69, 9.17) is 0 Å². The minimum atomic E-state index is -3.78. The molecule has 0 saturated carbocycles. The first-order chi connectivity index (χ1) is 20.4.